The van der Waals surface area contributed by atoms with Crippen LogP contribution in [0, 0.1) is 0 Å². The number of aliphatic hydroxyl groups is 1. The van der Waals surface area contributed by atoms with Crippen LogP contribution in [-0.4, -0.2) is 50.4 Å². The van der Waals surface area contributed by atoms with Crippen molar-refractivity contribution in [3.63, 3.8) is 0 Å². The number of aromatic amines is 1. The minimum atomic E-state index is -0.774. The van der Waals surface area contributed by atoms with Crippen molar-refractivity contribution in [1.29, 1.82) is 0 Å². The van der Waals surface area contributed by atoms with Crippen molar-refractivity contribution < 1.29 is 9.84 Å². The number of aromatic nitrogens is 4. The van der Waals surface area contributed by atoms with E-state index < -0.39 is 5.60 Å². The minimum Gasteiger partial charge on any atom is -0.388 e. The largest absolute Gasteiger partial charge is 0.388 e. The van der Waals surface area contributed by atoms with E-state index in [2.05, 4.69) is 25.3 Å². The molecule has 0 atom stereocenters. The number of nitrogen functional groups attached to an aromatic ring is 1. The molecule has 2 aromatic heterocycles. The van der Waals surface area contributed by atoms with Crippen molar-refractivity contribution in [1.82, 2.24) is 19.9 Å². The second-order valence-electron chi connectivity index (χ2n) is 4.72. The van der Waals surface area contributed by atoms with E-state index in [1.165, 1.54) is 6.33 Å². The van der Waals surface area contributed by atoms with E-state index in [9.17, 15) is 5.11 Å². The summed E-state index contributed by atoms with van der Waals surface area (Å²) in [6.07, 6.45) is 2.74. The Kier molecular flexibility index (Phi) is 2.96. The predicted octanol–water partition coefficient (Wildman–Crippen LogP) is -0.112. The fourth-order valence-corrected chi connectivity index (χ4v) is 2.15. The maximum Gasteiger partial charge on any atom is 0.224 e. The third kappa shape index (κ3) is 2.45. The molecule has 19 heavy (non-hydrogen) atoms. The van der Waals surface area contributed by atoms with Crippen molar-refractivity contribution in [2.24, 2.45) is 0 Å². The van der Waals surface area contributed by atoms with Crippen molar-refractivity contribution >= 4 is 22.9 Å². The van der Waals surface area contributed by atoms with Crippen LogP contribution in [0.5, 0.6) is 0 Å². The highest BCUT2D eigenvalue weighted by Gasteiger charge is 2.29. The summed E-state index contributed by atoms with van der Waals surface area (Å²) in [7, 11) is 0. The molecule has 0 aromatic carbocycles. The molecule has 8 heteroatoms. The van der Waals surface area contributed by atoms with Crippen LogP contribution in [0.1, 0.15) is 12.8 Å². The lowest BCUT2D eigenvalue weighted by Gasteiger charge is -2.32. The van der Waals surface area contributed by atoms with E-state index >= 15 is 0 Å². The topological polar surface area (TPSA) is 122 Å². The second-order valence-corrected chi connectivity index (χ2v) is 4.72. The molecular formula is C11H16N6O2. The van der Waals surface area contributed by atoms with E-state index in [4.69, 9.17) is 10.5 Å². The van der Waals surface area contributed by atoms with Crippen LogP contribution >= 0.6 is 0 Å². The molecule has 0 unspecified atom stereocenters. The normalized spacial score (nSPS) is 18.6. The Bertz CT molecular complexity index is 578. The molecule has 0 saturated carbocycles. The van der Waals surface area contributed by atoms with Crippen LogP contribution < -0.4 is 11.1 Å². The lowest BCUT2D eigenvalue weighted by molar-refractivity contribution is -0.0543. The molecule has 0 bridgehead atoms. The van der Waals surface area contributed by atoms with Gasteiger partial charge in [-0.1, -0.05) is 0 Å². The maximum atomic E-state index is 10.4. The zero-order chi connectivity index (χ0) is 13.3. The first kappa shape index (κ1) is 12.1. The van der Waals surface area contributed by atoms with E-state index in [1.807, 2.05) is 0 Å². The molecule has 8 nitrogen and oxygen atoms in total. The number of rotatable bonds is 3. The average molecular weight is 264 g/mol. The number of hydrogen-bond acceptors (Lipinski definition) is 7. The van der Waals surface area contributed by atoms with Crippen molar-refractivity contribution in [2.75, 3.05) is 30.8 Å². The molecule has 5 N–H and O–H groups in total. The van der Waals surface area contributed by atoms with Gasteiger partial charge < -0.3 is 25.9 Å². The SMILES string of the molecule is Nc1nc(NCC2(O)CCOCC2)c2[nH]cnc2n1. The van der Waals surface area contributed by atoms with Gasteiger partial charge in [0.15, 0.2) is 11.5 Å². The zero-order valence-corrected chi connectivity index (χ0v) is 10.4. The lowest BCUT2D eigenvalue weighted by Crippen LogP contribution is -2.42. The smallest absolute Gasteiger partial charge is 0.224 e. The highest BCUT2D eigenvalue weighted by molar-refractivity contribution is 5.83. The molecule has 2 aromatic rings. The van der Waals surface area contributed by atoms with Gasteiger partial charge in [0.25, 0.3) is 0 Å². The molecule has 3 heterocycles. The zero-order valence-electron chi connectivity index (χ0n) is 10.4. The Morgan fingerprint density at radius 1 is 1.42 bits per heavy atom. The van der Waals surface area contributed by atoms with Crippen LogP contribution in [0.3, 0.4) is 0 Å². The summed E-state index contributed by atoms with van der Waals surface area (Å²) < 4.78 is 5.24. The van der Waals surface area contributed by atoms with Gasteiger partial charge in [-0.2, -0.15) is 9.97 Å². The van der Waals surface area contributed by atoms with E-state index in [-0.39, 0.29) is 5.95 Å². The van der Waals surface area contributed by atoms with Crippen LogP contribution in [0.15, 0.2) is 6.33 Å². The molecule has 0 radical (unpaired) electrons. The Hall–Kier alpha value is -1.93. The predicted molar refractivity (Wildman–Crippen MR) is 69.6 cm³/mol. The summed E-state index contributed by atoms with van der Waals surface area (Å²) in [6.45, 7) is 1.54. The van der Waals surface area contributed by atoms with E-state index in [0.717, 1.165) is 0 Å². The van der Waals surface area contributed by atoms with Crippen molar-refractivity contribution in [2.45, 2.75) is 18.4 Å². The van der Waals surface area contributed by atoms with Gasteiger partial charge in [0.1, 0.15) is 5.52 Å². The number of nitrogens with zero attached hydrogens (tertiary/aromatic N) is 3. The van der Waals surface area contributed by atoms with E-state index in [1.54, 1.807) is 0 Å². The second kappa shape index (κ2) is 4.63. The molecule has 1 fully saturated rings. The summed E-state index contributed by atoms with van der Waals surface area (Å²) in [6, 6.07) is 0. The molecular weight excluding hydrogens is 248 g/mol. The molecule has 1 saturated heterocycles. The Morgan fingerprint density at radius 2 is 2.21 bits per heavy atom. The monoisotopic (exact) mass is 264 g/mol. The molecule has 0 amide bonds. The van der Waals surface area contributed by atoms with Gasteiger partial charge in [0.2, 0.25) is 5.95 Å². The Balaban J connectivity index is 1.79. The van der Waals surface area contributed by atoms with Crippen LogP contribution in [0.4, 0.5) is 11.8 Å². The highest BCUT2D eigenvalue weighted by atomic mass is 16.5. The Morgan fingerprint density at radius 3 is 3.00 bits per heavy atom. The quantitative estimate of drug-likeness (QED) is 0.610. The summed E-state index contributed by atoms with van der Waals surface area (Å²) in [4.78, 5) is 15.1. The number of nitrogens with one attached hydrogen (secondary N) is 2. The summed E-state index contributed by atoms with van der Waals surface area (Å²) in [5.74, 6) is 0.709. The van der Waals surface area contributed by atoms with Crippen LogP contribution in [0.25, 0.3) is 11.2 Å². The van der Waals surface area contributed by atoms with Gasteiger partial charge in [-0.25, -0.2) is 4.98 Å². The molecule has 1 aliphatic heterocycles. The van der Waals surface area contributed by atoms with Gasteiger partial charge in [-0.05, 0) is 0 Å². The maximum absolute atomic E-state index is 10.4. The Labute approximate surface area is 109 Å². The first-order valence-electron chi connectivity index (χ1n) is 6.17. The average Bonchev–Trinajstić information content (AvgIpc) is 2.85. The number of nitrogens with two attached hydrogens (primary N) is 1. The first-order valence-corrected chi connectivity index (χ1v) is 6.17. The summed E-state index contributed by atoms with van der Waals surface area (Å²) >= 11 is 0. The standard InChI is InChI=1S/C11H16N6O2/c12-10-16-8(7-9(17-10)15-6-14-7)13-5-11(18)1-3-19-4-2-11/h6,18H,1-5H2,(H4,12,13,14,15,16,17). The highest BCUT2D eigenvalue weighted by Crippen LogP contribution is 2.23. The van der Waals surface area contributed by atoms with Crippen molar-refractivity contribution in [3.05, 3.63) is 6.33 Å². The van der Waals surface area contributed by atoms with Gasteiger partial charge in [0.05, 0.1) is 11.9 Å². The fourth-order valence-electron chi connectivity index (χ4n) is 2.15. The molecule has 1 aliphatic rings. The molecule has 102 valence electrons. The number of ether oxygens (including phenoxy) is 1. The van der Waals surface area contributed by atoms with Gasteiger partial charge in [0, 0.05) is 32.6 Å². The van der Waals surface area contributed by atoms with E-state index in [0.29, 0.717) is 49.6 Å². The summed E-state index contributed by atoms with van der Waals surface area (Å²) in [5.41, 5.74) is 6.05. The fraction of sp³-hybridized carbons (Fsp3) is 0.545. The number of imidazole rings is 1. The van der Waals surface area contributed by atoms with Gasteiger partial charge in [-0.15, -0.1) is 0 Å². The van der Waals surface area contributed by atoms with Gasteiger partial charge in [-0.3, -0.25) is 0 Å². The third-order valence-electron chi connectivity index (χ3n) is 3.31. The molecule has 3 rings (SSSR count). The van der Waals surface area contributed by atoms with Crippen LogP contribution in [-0.2, 0) is 4.74 Å². The van der Waals surface area contributed by atoms with Crippen LogP contribution in [0.2, 0.25) is 0 Å². The lowest BCUT2D eigenvalue weighted by atomic mass is 9.94. The molecule has 0 aliphatic carbocycles. The number of anilines is 2. The number of fused-ring (bicyclic) bond motifs is 1. The van der Waals surface area contributed by atoms with Crippen molar-refractivity contribution in [3.8, 4) is 0 Å². The number of hydrogen-bond donors (Lipinski definition) is 4. The summed E-state index contributed by atoms with van der Waals surface area (Å²) in [5, 5.41) is 13.5. The number of H-pyrrole nitrogens is 1. The third-order valence-corrected chi connectivity index (χ3v) is 3.31. The molecule has 0 spiro atoms. The first-order chi connectivity index (χ1) is 9.16. The minimum absolute atomic E-state index is 0.154. The van der Waals surface area contributed by atoms with Gasteiger partial charge >= 0.3 is 0 Å².